The molecule has 0 aromatic heterocycles. The average Bonchev–Trinajstić information content (AvgIpc) is 2.62. The quantitative estimate of drug-likeness (QED) is 0.275. The number of hydrogen-bond acceptors (Lipinski definition) is 4. The van der Waals surface area contributed by atoms with E-state index >= 15 is 0 Å². The molecule has 0 aromatic rings. The Morgan fingerprint density at radius 3 is 2.04 bits per heavy atom. The average molecular weight is 331 g/mol. The fraction of sp³-hybridized carbons (Fsp3) is 0.889. The van der Waals surface area contributed by atoms with E-state index in [-0.39, 0.29) is 0 Å². The molecule has 0 fully saturated rings. The van der Waals surface area contributed by atoms with Crippen molar-refractivity contribution in [2.24, 2.45) is 10.3 Å². The third kappa shape index (κ3) is 26.3. The van der Waals surface area contributed by atoms with Crippen LogP contribution in [-0.2, 0) is 4.74 Å². The lowest BCUT2D eigenvalue weighted by molar-refractivity contribution is 0.192. The van der Waals surface area contributed by atoms with Gasteiger partial charge >= 0.3 is 0 Å². The van der Waals surface area contributed by atoms with E-state index < -0.39 is 0 Å². The molecule has 0 atom stereocenters. The van der Waals surface area contributed by atoms with Gasteiger partial charge < -0.3 is 10.1 Å². The maximum atomic E-state index is 5.02. The van der Waals surface area contributed by atoms with Gasteiger partial charge in [-0.3, -0.25) is 5.01 Å². The molecule has 0 aliphatic rings. The number of rotatable bonds is 14. The van der Waals surface area contributed by atoms with E-state index in [4.69, 9.17) is 4.74 Å². The van der Waals surface area contributed by atoms with Crippen LogP contribution in [0, 0.1) is 0 Å². The van der Waals surface area contributed by atoms with Crippen LogP contribution in [0.15, 0.2) is 23.1 Å². The van der Waals surface area contributed by atoms with Gasteiger partial charge in [-0.1, -0.05) is 52.3 Å². The zero-order chi connectivity index (χ0) is 18.2. The summed E-state index contributed by atoms with van der Waals surface area (Å²) in [6.07, 6.45) is 8.97. The first kappa shape index (κ1) is 26.9. The molecule has 5 heteroatoms. The van der Waals surface area contributed by atoms with Crippen LogP contribution >= 0.6 is 0 Å². The number of ether oxygens (including phenoxy) is 1. The van der Waals surface area contributed by atoms with E-state index in [0.717, 1.165) is 39.1 Å². The normalized spacial score (nSPS) is 9.65. The van der Waals surface area contributed by atoms with Crippen LogP contribution in [0.25, 0.3) is 0 Å². The van der Waals surface area contributed by atoms with Crippen molar-refractivity contribution in [1.29, 1.82) is 0 Å². The number of unbranched alkanes of at least 4 members (excludes halogenated alkanes) is 4. The van der Waals surface area contributed by atoms with Crippen molar-refractivity contribution in [2.75, 3.05) is 40.4 Å². The van der Waals surface area contributed by atoms with Crippen molar-refractivity contribution in [3.63, 3.8) is 0 Å². The van der Waals surface area contributed by atoms with E-state index in [1.807, 2.05) is 27.7 Å². The van der Waals surface area contributed by atoms with Crippen molar-refractivity contribution in [1.82, 2.24) is 10.3 Å². The Balaban J connectivity index is -0.000000919. The van der Waals surface area contributed by atoms with Crippen LogP contribution in [0.3, 0.4) is 0 Å². The molecule has 0 saturated heterocycles. The molecule has 0 aliphatic carbocycles. The predicted octanol–water partition coefficient (Wildman–Crippen LogP) is 5.06. The molecule has 0 bridgehead atoms. The van der Waals surface area contributed by atoms with Crippen LogP contribution in [0.1, 0.15) is 66.2 Å². The summed E-state index contributed by atoms with van der Waals surface area (Å²) in [5.41, 5.74) is 0. The van der Waals surface area contributed by atoms with Crippen LogP contribution in [0.2, 0.25) is 0 Å². The highest BCUT2D eigenvalue weighted by atomic mass is 16.5. The SMILES string of the molecule is C=CN(CCCCNCCCCCCOC)N=NC.CC.CC. The third-order valence-corrected chi connectivity index (χ3v) is 2.86. The summed E-state index contributed by atoms with van der Waals surface area (Å²) in [7, 11) is 3.43. The molecular weight excluding hydrogens is 288 g/mol. The summed E-state index contributed by atoms with van der Waals surface area (Å²) >= 11 is 0. The summed E-state index contributed by atoms with van der Waals surface area (Å²) in [4.78, 5) is 0. The number of nitrogens with zero attached hydrogens (tertiary/aromatic N) is 3. The predicted molar refractivity (Wildman–Crippen MR) is 103 cm³/mol. The highest BCUT2D eigenvalue weighted by Crippen LogP contribution is 1.99. The van der Waals surface area contributed by atoms with Gasteiger partial charge in [-0.25, -0.2) is 0 Å². The fourth-order valence-corrected chi connectivity index (χ4v) is 1.79. The standard InChI is InChI=1S/C14H30N4O.2C2H6/c1-4-18(17-15-2)13-9-8-12-16-11-7-5-6-10-14-19-3;2*1-2/h4,16H,1,5-14H2,2-3H3;2*1-2H3. The minimum absolute atomic E-state index is 0.888. The first-order valence-electron chi connectivity index (χ1n) is 9.23. The molecule has 0 unspecified atom stereocenters. The minimum atomic E-state index is 0.888. The molecule has 0 radical (unpaired) electrons. The molecule has 140 valence electrons. The molecule has 0 saturated carbocycles. The van der Waals surface area contributed by atoms with Gasteiger partial charge in [0.05, 0.1) is 7.05 Å². The molecule has 0 heterocycles. The molecule has 0 rings (SSSR count). The molecule has 0 spiro atoms. The summed E-state index contributed by atoms with van der Waals surface area (Å²) in [5.74, 6) is 0. The minimum Gasteiger partial charge on any atom is -0.385 e. The molecule has 0 amide bonds. The lowest BCUT2D eigenvalue weighted by atomic mass is 10.2. The van der Waals surface area contributed by atoms with Gasteiger partial charge in [-0.15, -0.1) is 0 Å². The zero-order valence-corrected chi connectivity index (χ0v) is 16.6. The first-order chi connectivity index (χ1) is 11.3. The summed E-state index contributed by atoms with van der Waals surface area (Å²) in [5, 5.41) is 12.9. The van der Waals surface area contributed by atoms with Crippen molar-refractivity contribution >= 4 is 0 Å². The highest BCUT2D eigenvalue weighted by Gasteiger charge is 1.95. The van der Waals surface area contributed by atoms with E-state index in [2.05, 4.69) is 22.2 Å². The van der Waals surface area contributed by atoms with Gasteiger partial charge in [-0.2, -0.15) is 5.11 Å². The fourth-order valence-electron chi connectivity index (χ4n) is 1.79. The Kier molecular flexibility index (Phi) is 34.1. The van der Waals surface area contributed by atoms with Gasteiger partial charge in [0.1, 0.15) is 0 Å². The molecule has 1 N–H and O–H groups in total. The maximum absolute atomic E-state index is 5.02. The maximum Gasteiger partial charge on any atom is 0.0509 e. The van der Waals surface area contributed by atoms with E-state index in [1.54, 1.807) is 25.4 Å². The van der Waals surface area contributed by atoms with E-state index in [0.29, 0.717) is 0 Å². The van der Waals surface area contributed by atoms with Gasteiger partial charge in [-0.05, 0) is 38.8 Å². The zero-order valence-electron chi connectivity index (χ0n) is 16.6. The molecule has 0 aromatic carbocycles. The summed E-state index contributed by atoms with van der Waals surface area (Å²) in [6.45, 7) is 15.7. The van der Waals surface area contributed by atoms with E-state index in [1.165, 1.54) is 25.7 Å². The molecule has 0 aliphatic heterocycles. The second kappa shape index (κ2) is 29.1. The summed E-state index contributed by atoms with van der Waals surface area (Å²) < 4.78 is 5.02. The molecule has 23 heavy (non-hydrogen) atoms. The second-order valence-corrected chi connectivity index (χ2v) is 4.50. The Hall–Kier alpha value is -0.940. The first-order valence-corrected chi connectivity index (χ1v) is 9.23. The van der Waals surface area contributed by atoms with Crippen LogP contribution in [0.4, 0.5) is 0 Å². The van der Waals surface area contributed by atoms with Gasteiger partial charge in [0, 0.05) is 26.5 Å². The Bertz CT molecular complexity index is 223. The van der Waals surface area contributed by atoms with Crippen molar-refractivity contribution in [3.05, 3.63) is 12.8 Å². The van der Waals surface area contributed by atoms with Crippen molar-refractivity contribution < 1.29 is 4.74 Å². The topological polar surface area (TPSA) is 49.2 Å². The third-order valence-electron chi connectivity index (χ3n) is 2.86. The van der Waals surface area contributed by atoms with Crippen LogP contribution < -0.4 is 5.32 Å². The van der Waals surface area contributed by atoms with Crippen LogP contribution in [-0.4, -0.2) is 45.4 Å². The number of hydrogen-bond donors (Lipinski definition) is 1. The highest BCUT2D eigenvalue weighted by molar-refractivity contribution is 4.65. The monoisotopic (exact) mass is 330 g/mol. The second-order valence-electron chi connectivity index (χ2n) is 4.50. The largest absolute Gasteiger partial charge is 0.385 e. The van der Waals surface area contributed by atoms with E-state index in [9.17, 15) is 0 Å². The lowest BCUT2D eigenvalue weighted by Gasteiger charge is -2.11. The Morgan fingerprint density at radius 1 is 0.957 bits per heavy atom. The number of nitrogens with one attached hydrogen (secondary N) is 1. The Labute approximate surface area is 145 Å². The number of methoxy groups -OCH3 is 1. The molecule has 5 nitrogen and oxygen atoms in total. The van der Waals surface area contributed by atoms with Crippen molar-refractivity contribution in [3.8, 4) is 0 Å². The van der Waals surface area contributed by atoms with Gasteiger partial charge in [0.15, 0.2) is 0 Å². The van der Waals surface area contributed by atoms with Gasteiger partial charge in [0.25, 0.3) is 0 Å². The van der Waals surface area contributed by atoms with Gasteiger partial charge in [0.2, 0.25) is 0 Å². The lowest BCUT2D eigenvalue weighted by Crippen LogP contribution is -2.18. The summed E-state index contributed by atoms with van der Waals surface area (Å²) in [6, 6.07) is 0. The smallest absolute Gasteiger partial charge is 0.0509 e. The van der Waals surface area contributed by atoms with Crippen molar-refractivity contribution in [2.45, 2.75) is 66.2 Å². The van der Waals surface area contributed by atoms with Crippen LogP contribution in [0.5, 0.6) is 0 Å². The molecular formula is C18H42N4O. The Morgan fingerprint density at radius 2 is 1.52 bits per heavy atom.